The van der Waals surface area contributed by atoms with Gasteiger partial charge in [-0.1, -0.05) is 6.07 Å². The van der Waals surface area contributed by atoms with E-state index in [2.05, 4.69) is 5.32 Å². The summed E-state index contributed by atoms with van der Waals surface area (Å²) in [5.41, 5.74) is 1.10. The van der Waals surface area contributed by atoms with Gasteiger partial charge in [0, 0.05) is 20.3 Å². The first-order chi connectivity index (χ1) is 10.3. The fourth-order valence-corrected chi connectivity index (χ4v) is 1.87. The summed E-state index contributed by atoms with van der Waals surface area (Å²) in [5.74, 6) is 0.733. The second-order valence-electron chi connectivity index (χ2n) is 4.72. The van der Waals surface area contributed by atoms with Crippen molar-refractivity contribution >= 4 is 0 Å². The topological polar surface area (TPSA) is 60.0 Å². The fourth-order valence-electron chi connectivity index (χ4n) is 1.87. The Morgan fingerprint density at radius 1 is 1.14 bits per heavy atom. The van der Waals surface area contributed by atoms with E-state index in [1.807, 2.05) is 19.1 Å². The maximum absolute atomic E-state index is 9.63. The van der Waals surface area contributed by atoms with Gasteiger partial charge < -0.3 is 24.6 Å². The molecule has 1 rings (SSSR count). The Labute approximate surface area is 127 Å². The number of hydrogen-bond donors (Lipinski definition) is 2. The molecule has 5 heteroatoms. The molecule has 1 aromatic rings. The van der Waals surface area contributed by atoms with Gasteiger partial charge in [0.05, 0.1) is 19.8 Å². The predicted octanol–water partition coefficient (Wildman–Crippen LogP) is 2.32. The highest BCUT2D eigenvalue weighted by Gasteiger charge is 2.03. The molecular weight excluding hydrogens is 270 g/mol. The summed E-state index contributed by atoms with van der Waals surface area (Å²) in [6, 6.07) is 5.45. The number of hydrogen-bond acceptors (Lipinski definition) is 5. The van der Waals surface area contributed by atoms with Gasteiger partial charge in [0.1, 0.15) is 0 Å². The molecule has 0 aliphatic rings. The zero-order valence-electron chi connectivity index (χ0n) is 13.1. The van der Waals surface area contributed by atoms with Gasteiger partial charge in [-0.25, -0.2) is 0 Å². The summed E-state index contributed by atoms with van der Waals surface area (Å²) in [7, 11) is 1.67. The summed E-state index contributed by atoms with van der Waals surface area (Å²) in [5, 5.41) is 13.0. The van der Waals surface area contributed by atoms with Crippen LogP contribution in [0.25, 0.3) is 0 Å². The minimum Gasteiger partial charge on any atom is -0.504 e. The zero-order valence-corrected chi connectivity index (χ0v) is 13.1. The summed E-state index contributed by atoms with van der Waals surface area (Å²) in [6.45, 7) is 6.26. The molecule has 0 saturated heterocycles. The Balaban J connectivity index is 2.11. The molecule has 0 aliphatic heterocycles. The first-order valence-corrected chi connectivity index (χ1v) is 7.50. The van der Waals surface area contributed by atoms with E-state index in [4.69, 9.17) is 14.2 Å². The zero-order chi connectivity index (χ0) is 15.3. The molecule has 0 fully saturated rings. The van der Waals surface area contributed by atoms with Gasteiger partial charge in [-0.3, -0.25) is 0 Å². The van der Waals surface area contributed by atoms with Gasteiger partial charge in [-0.15, -0.1) is 0 Å². The highest BCUT2D eigenvalue weighted by molar-refractivity contribution is 5.41. The number of methoxy groups -OCH3 is 1. The smallest absolute Gasteiger partial charge is 0.161 e. The normalized spacial score (nSPS) is 10.8. The average Bonchev–Trinajstić information content (AvgIpc) is 2.49. The van der Waals surface area contributed by atoms with Crippen molar-refractivity contribution in [3.63, 3.8) is 0 Å². The quantitative estimate of drug-likeness (QED) is 0.580. The number of unbranched alkanes of at least 4 members (excludes halogenated alkanes) is 1. The van der Waals surface area contributed by atoms with Crippen LogP contribution in [0.15, 0.2) is 18.2 Å². The van der Waals surface area contributed by atoms with Gasteiger partial charge >= 0.3 is 0 Å². The summed E-state index contributed by atoms with van der Waals surface area (Å²) < 4.78 is 15.7. The summed E-state index contributed by atoms with van der Waals surface area (Å²) >= 11 is 0. The van der Waals surface area contributed by atoms with Crippen LogP contribution in [-0.2, 0) is 16.0 Å². The molecular formula is C16H27NO4. The number of ether oxygens (including phenoxy) is 3. The molecule has 0 unspecified atom stereocenters. The molecule has 0 radical (unpaired) electrons. The van der Waals surface area contributed by atoms with Crippen LogP contribution in [0.4, 0.5) is 0 Å². The van der Waals surface area contributed by atoms with E-state index < -0.39 is 0 Å². The predicted molar refractivity (Wildman–Crippen MR) is 82.9 cm³/mol. The molecule has 2 N–H and O–H groups in total. The molecule has 0 amide bonds. The lowest BCUT2D eigenvalue weighted by Gasteiger charge is -2.09. The fraction of sp³-hybridized carbons (Fsp3) is 0.625. The van der Waals surface area contributed by atoms with Crippen LogP contribution in [0.3, 0.4) is 0 Å². The SMILES string of the molecule is CCOc1cc(CNCCCCOCCOC)ccc1O. The second kappa shape index (κ2) is 11.4. The second-order valence-corrected chi connectivity index (χ2v) is 4.72. The Morgan fingerprint density at radius 2 is 2.00 bits per heavy atom. The van der Waals surface area contributed by atoms with E-state index in [0.717, 1.165) is 38.1 Å². The number of aromatic hydroxyl groups is 1. The van der Waals surface area contributed by atoms with Gasteiger partial charge in [-0.2, -0.15) is 0 Å². The van der Waals surface area contributed by atoms with Crippen LogP contribution >= 0.6 is 0 Å². The maximum atomic E-state index is 9.63. The lowest BCUT2D eigenvalue weighted by Crippen LogP contribution is -2.15. The van der Waals surface area contributed by atoms with Gasteiger partial charge in [0.2, 0.25) is 0 Å². The number of phenols is 1. The average molecular weight is 297 g/mol. The molecule has 0 atom stereocenters. The van der Waals surface area contributed by atoms with Gasteiger partial charge in [0.25, 0.3) is 0 Å². The Hall–Kier alpha value is -1.30. The van der Waals surface area contributed by atoms with E-state index in [1.54, 1.807) is 13.2 Å². The lowest BCUT2D eigenvalue weighted by atomic mass is 10.2. The van der Waals surface area contributed by atoms with E-state index >= 15 is 0 Å². The van der Waals surface area contributed by atoms with Crippen LogP contribution in [0.2, 0.25) is 0 Å². The van der Waals surface area contributed by atoms with E-state index in [-0.39, 0.29) is 5.75 Å². The molecule has 1 aromatic carbocycles. The number of phenolic OH excluding ortho intramolecular Hbond substituents is 1. The largest absolute Gasteiger partial charge is 0.504 e. The standard InChI is InChI=1S/C16H27NO4/c1-3-21-16-12-14(6-7-15(16)18)13-17-8-4-5-9-20-11-10-19-2/h6-7,12,17-18H,3-5,8-11,13H2,1-2H3. The van der Waals surface area contributed by atoms with Crippen LogP contribution in [0, 0.1) is 0 Å². The van der Waals surface area contributed by atoms with Crippen LogP contribution in [-0.4, -0.2) is 45.2 Å². The molecule has 5 nitrogen and oxygen atoms in total. The highest BCUT2D eigenvalue weighted by Crippen LogP contribution is 2.26. The van der Waals surface area contributed by atoms with Crippen LogP contribution in [0.1, 0.15) is 25.3 Å². The van der Waals surface area contributed by atoms with E-state index in [1.165, 1.54) is 0 Å². The van der Waals surface area contributed by atoms with Crippen LogP contribution < -0.4 is 10.1 Å². The molecule has 0 spiro atoms. The molecule has 0 saturated carbocycles. The van der Waals surface area contributed by atoms with Crippen molar-refractivity contribution in [2.45, 2.75) is 26.3 Å². The van der Waals surface area contributed by atoms with Crippen molar-refractivity contribution in [2.75, 3.05) is 40.1 Å². The molecule has 0 aromatic heterocycles. The first kappa shape index (κ1) is 17.8. The molecule has 120 valence electrons. The molecule has 21 heavy (non-hydrogen) atoms. The lowest BCUT2D eigenvalue weighted by molar-refractivity contribution is 0.0688. The highest BCUT2D eigenvalue weighted by atomic mass is 16.5. The van der Waals surface area contributed by atoms with Crippen LogP contribution in [0.5, 0.6) is 11.5 Å². The first-order valence-electron chi connectivity index (χ1n) is 7.50. The minimum absolute atomic E-state index is 0.189. The van der Waals surface area contributed by atoms with Crippen molar-refractivity contribution in [3.05, 3.63) is 23.8 Å². The van der Waals surface area contributed by atoms with E-state index in [9.17, 15) is 5.11 Å². The van der Waals surface area contributed by atoms with Crippen molar-refractivity contribution in [2.24, 2.45) is 0 Å². The van der Waals surface area contributed by atoms with Crippen molar-refractivity contribution < 1.29 is 19.3 Å². The van der Waals surface area contributed by atoms with E-state index in [0.29, 0.717) is 25.6 Å². The summed E-state index contributed by atoms with van der Waals surface area (Å²) in [6.07, 6.45) is 2.11. The number of nitrogens with one attached hydrogen (secondary N) is 1. The maximum Gasteiger partial charge on any atom is 0.161 e. The van der Waals surface area contributed by atoms with Crippen molar-refractivity contribution in [3.8, 4) is 11.5 Å². The monoisotopic (exact) mass is 297 g/mol. The van der Waals surface area contributed by atoms with Gasteiger partial charge in [-0.05, 0) is 44.0 Å². The summed E-state index contributed by atoms with van der Waals surface area (Å²) in [4.78, 5) is 0. The number of rotatable bonds is 12. The molecule has 0 aliphatic carbocycles. The third-order valence-electron chi connectivity index (χ3n) is 2.98. The Bertz CT molecular complexity index is 385. The van der Waals surface area contributed by atoms with Crippen molar-refractivity contribution in [1.29, 1.82) is 0 Å². The molecule has 0 heterocycles. The molecule has 0 bridgehead atoms. The third-order valence-corrected chi connectivity index (χ3v) is 2.98. The minimum atomic E-state index is 0.189. The third kappa shape index (κ3) is 7.90. The van der Waals surface area contributed by atoms with Gasteiger partial charge in [0.15, 0.2) is 11.5 Å². The Kier molecular flexibility index (Phi) is 9.61. The Morgan fingerprint density at radius 3 is 2.76 bits per heavy atom. The van der Waals surface area contributed by atoms with Crippen molar-refractivity contribution in [1.82, 2.24) is 5.32 Å². The number of benzene rings is 1.